The van der Waals surface area contributed by atoms with E-state index < -0.39 is 11.4 Å². The van der Waals surface area contributed by atoms with Gasteiger partial charge >= 0.3 is 5.97 Å². The van der Waals surface area contributed by atoms with Gasteiger partial charge < -0.3 is 20.7 Å². The third-order valence-electron chi connectivity index (χ3n) is 2.89. The SMILES string of the molecule is Nc1cc(C2(C(=O)O)CCNCC2)no1. The summed E-state index contributed by atoms with van der Waals surface area (Å²) in [5.41, 5.74) is 4.89. The lowest BCUT2D eigenvalue weighted by Gasteiger charge is -2.31. The lowest BCUT2D eigenvalue weighted by Crippen LogP contribution is -2.45. The van der Waals surface area contributed by atoms with Crippen molar-refractivity contribution in [3.05, 3.63) is 11.8 Å². The summed E-state index contributed by atoms with van der Waals surface area (Å²) in [6.45, 7) is 1.33. The number of hydrogen-bond donors (Lipinski definition) is 3. The molecule has 0 radical (unpaired) electrons. The van der Waals surface area contributed by atoms with Crippen LogP contribution in [0.3, 0.4) is 0 Å². The molecular weight excluding hydrogens is 198 g/mol. The Morgan fingerprint density at radius 2 is 2.27 bits per heavy atom. The number of aliphatic carboxylic acids is 1. The fourth-order valence-corrected chi connectivity index (χ4v) is 1.95. The zero-order valence-corrected chi connectivity index (χ0v) is 8.19. The Balaban J connectivity index is 2.37. The quantitative estimate of drug-likeness (QED) is 0.634. The molecule has 82 valence electrons. The molecule has 2 rings (SSSR count). The van der Waals surface area contributed by atoms with Crippen LogP contribution in [0, 0.1) is 0 Å². The van der Waals surface area contributed by atoms with Crippen LogP contribution in [0.4, 0.5) is 5.88 Å². The number of hydrogen-bond acceptors (Lipinski definition) is 5. The van der Waals surface area contributed by atoms with Crippen LogP contribution >= 0.6 is 0 Å². The van der Waals surface area contributed by atoms with Crippen LogP contribution in [-0.4, -0.2) is 29.3 Å². The van der Waals surface area contributed by atoms with Crippen molar-refractivity contribution in [2.45, 2.75) is 18.3 Å². The average molecular weight is 211 g/mol. The molecule has 0 aliphatic carbocycles. The molecule has 1 aliphatic heterocycles. The lowest BCUT2D eigenvalue weighted by molar-refractivity contribution is -0.145. The van der Waals surface area contributed by atoms with Crippen molar-refractivity contribution in [3.8, 4) is 0 Å². The number of nitrogen functional groups attached to an aromatic ring is 1. The van der Waals surface area contributed by atoms with Gasteiger partial charge in [0, 0.05) is 6.07 Å². The molecule has 4 N–H and O–H groups in total. The van der Waals surface area contributed by atoms with Crippen molar-refractivity contribution in [2.75, 3.05) is 18.8 Å². The summed E-state index contributed by atoms with van der Waals surface area (Å²) in [6.07, 6.45) is 1.02. The normalized spacial score (nSPS) is 20.0. The standard InChI is InChI=1S/C9H13N3O3/c10-7-5-6(12-15-7)9(8(13)14)1-3-11-4-2-9/h5,11H,1-4,10H2,(H,13,14). The highest BCUT2D eigenvalue weighted by molar-refractivity contribution is 5.81. The number of carboxylic acid groups (broad SMARTS) is 1. The molecule has 6 heteroatoms. The van der Waals surface area contributed by atoms with Gasteiger partial charge in [-0.3, -0.25) is 4.79 Å². The topological polar surface area (TPSA) is 101 Å². The second-order valence-electron chi connectivity index (χ2n) is 3.75. The molecule has 1 aromatic heterocycles. The van der Waals surface area contributed by atoms with Crippen LogP contribution in [0.1, 0.15) is 18.5 Å². The van der Waals surface area contributed by atoms with Crippen LogP contribution in [0.2, 0.25) is 0 Å². The van der Waals surface area contributed by atoms with Gasteiger partial charge in [-0.05, 0) is 25.9 Å². The average Bonchev–Trinajstić information content (AvgIpc) is 2.66. The fraction of sp³-hybridized carbons (Fsp3) is 0.556. The number of nitrogens with one attached hydrogen (secondary N) is 1. The number of rotatable bonds is 2. The molecule has 0 spiro atoms. The van der Waals surface area contributed by atoms with Crippen molar-refractivity contribution in [1.29, 1.82) is 0 Å². The maximum atomic E-state index is 11.3. The molecule has 0 atom stereocenters. The van der Waals surface area contributed by atoms with E-state index in [1.807, 2.05) is 0 Å². The van der Waals surface area contributed by atoms with Crippen molar-refractivity contribution < 1.29 is 14.4 Å². The molecule has 1 aliphatic rings. The van der Waals surface area contributed by atoms with Crippen LogP contribution in [0.15, 0.2) is 10.6 Å². The highest BCUT2D eigenvalue weighted by atomic mass is 16.5. The highest BCUT2D eigenvalue weighted by Crippen LogP contribution is 2.33. The van der Waals surface area contributed by atoms with E-state index in [0.717, 1.165) is 0 Å². The second kappa shape index (κ2) is 3.54. The summed E-state index contributed by atoms with van der Waals surface area (Å²) in [4.78, 5) is 11.3. The lowest BCUT2D eigenvalue weighted by atomic mass is 9.76. The van der Waals surface area contributed by atoms with Gasteiger partial charge in [-0.15, -0.1) is 0 Å². The van der Waals surface area contributed by atoms with E-state index in [4.69, 9.17) is 10.3 Å². The van der Waals surface area contributed by atoms with E-state index in [1.165, 1.54) is 6.07 Å². The smallest absolute Gasteiger partial charge is 0.315 e. The Kier molecular flexibility index (Phi) is 2.36. The van der Waals surface area contributed by atoms with E-state index in [9.17, 15) is 9.90 Å². The summed E-state index contributed by atoms with van der Waals surface area (Å²) < 4.78 is 4.74. The number of carbonyl (C=O) groups is 1. The summed E-state index contributed by atoms with van der Waals surface area (Å²) >= 11 is 0. The maximum Gasteiger partial charge on any atom is 0.315 e. The van der Waals surface area contributed by atoms with Gasteiger partial charge in [-0.25, -0.2) is 0 Å². The molecule has 0 bridgehead atoms. The number of nitrogens with two attached hydrogens (primary N) is 1. The second-order valence-corrected chi connectivity index (χ2v) is 3.75. The highest BCUT2D eigenvalue weighted by Gasteiger charge is 2.44. The Labute approximate surface area is 86.4 Å². The summed E-state index contributed by atoms with van der Waals surface area (Å²) in [6, 6.07) is 1.50. The third-order valence-corrected chi connectivity index (χ3v) is 2.89. The van der Waals surface area contributed by atoms with Gasteiger partial charge in [0.05, 0.1) is 0 Å². The van der Waals surface area contributed by atoms with Gasteiger partial charge in [-0.1, -0.05) is 5.16 Å². The van der Waals surface area contributed by atoms with E-state index >= 15 is 0 Å². The molecule has 0 saturated carbocycles. The first kappa shape index (κ1) is 9.97. The van der Waals surface area contributed by atoms with Crippen molar-refractivity contribution in [1.82, 2.24) is 10.5 Å². The molecule has 15 heavy (non-hydrogen) atoms. The van der Waals surface area contributed by atoms with E-state index in [1.54, 1.807) is 0 Å². The zero-order valence-electron chi connectivity index (χ0n) is 8.19. The first-order chi connectivity index (χ1) is 7.15. The van der Waals surface area contributed by atoms with Crippen molar-refractivity contribution in [2.24, 2.45) is 0 Å². The van der Waals surface area contributed by atoms with Gasteiger partial charge in [0.2, 0.25) is 5.88 Å². The van der Waals surface area contributed by atoms with Gasteiger partial charge in [-0.2, -0.15) is 0 Å². The summed E-state index contributed by atoms with van der Waals surface area (Å²) in [7, 11) is 0. The fourth-order valence-electron chi connectivity index (χ4n) is 1.95. The van der Waals surface area contributed by atoms with Gasteiger partial charge in [0.15, 0.2) is 0 Å². The predicted molar refractivity (Wildman–Crippen MR) is 52.3 cm³/mol. The number of carboxylic acids is 1. The van der Waals surface area contributed by atoms with Crippen molar-refractivity contribution >= 4 is 11.9 Å². The molecule has 2 heterocycles. The Bertz CT molecular complexity index is 368. The number of piperidine rings is 1. The van der Waals surface area contributed by atoms with Gasteiger partial charge in [0.25, 0.3) is 0 Å². The first-order valence-electron chi connectivity index (χ1n) is 4.82. The van der Waals surface area contributed by atoms with E-state index in [-0.39, 0.29) is 5.88 Å². The molecule has 1 aromatic rings. The van der Waals surface area contributed by atoms with Crippen LogP contribution in [-0.2, 0) is 10.2 Å². The van der Waals surface area contributed by atoms with Crippen molar-refractivity contribution in [3.63, 3.8) is 0 Å². The van der Waals surface area contributed by atoms with E-state index in [2.05, 4.69) is 10.5 Å². The Hall–Kier alpha value is -1.56. The number of aromatic nitrogens is 1. The number of anilines is 1. The third kappa shape index (κ3) is 1.56. The zero-order chi connectivity index (χ0) is 10.9. The maximum absolute atomic E-state index is 11.3. The predicted octanol–water partition coefficient (Wildman–Crippen LogP) is -0.0374. The Morgan fingerprint density at radius 1 is 1.60 bits per heavy atom. The molecule has 6 nitrogen and oxygen atoms in total. The van der Waals surface area contributed by atoms with Crippen LogP contribution in [0.25, 0.3) is 0 Å². The van der Waals surface area contributed by atoms with Crippen LogP contribution in [0.5, 0.6) is 0 Å². The number of nitrogens with zero attached hydrogens (tertiary/aromatic N) is 1. The van der Waals surface area contributed by atoms with Crippen LogP contribution < -0.4 is 11.1 Å². The van der Waals surface area contributed by atoms with E-state index in [0.29, 0.717) is 31.6 Å². The molecule has 0 amide bonds. The first-order valence-corrected chi connectivity index (χ1v) is 4.82. The molecule has 0 unspecified atom stereocenters. The minimum Gasteiger partial charge on any atom is -0.481 e. The minimum absolute atomic E-state index is 0.157. The molecule has 1 fully saturated rings. The molecule has 0 aromatic carbocycles. The monoisotopic (exact) mass is 211 g/mol. The molecular formula is C9H13N3O3. The summed E-state index contributed by atoms with van der Waals surface area (Å²) in [5, 5.41) is 16.1. The largest absolute Gasteiger partial charge is 0.481 e. The summed E-state index contributed by atoms with van der Waals surface area (Å²) in [5.74, 6) is -0.707. The Morgan fingerprint density at radius 3 is 2.73 bits per heavy atom. The molecule has 1 saturated heterocycles. The van der Waals surface area contributed by atoms with Gasteiger partial charge in [0.1, 0.15) is 11.1 Å². The minimum atomic E-state index is -0.938.